The summed E-state index contributed by atoms with van der Waals surface area (Å²) in [6.07, 6.45) is 1.51. The number of hydrogen-bond donors (Lipinski definition) is 1. The first kappa shape index (κ1) is 14.7. The summed E-state index contributed by atoms with van der Waals surface area (Å²) in [6, 6.07) is 18.1. The van der Waals surface area contributed by atoms with Gasteiger partial charge in [0.2, 0.25) is 0 Å². The zero-order valence-electron chi connectivity index (χ0n) is 12.6. The van der Waals surface area contributed by atoms with Gasteiger partial charge in [-0.05, 0) is 25.1 Å². The van der Waals surface area contributed by atoms with Crippen LogP contribution in [0.2, 0.25) is 0 Å². The average molecular weight is 305 g/mol. The lowest BCUT2D eigenvalue weighted by atomic mass is 10.1. The average Bonchev–Trinajstić information content (AvgIpc) is 2.58. The van der Waals surface area contributed by atoms with Crippen LogP contribution in [0.25, 0.3) is 11.3 Å². The molecular weight excluding hydrogens is 290 g/mol. The highest BCUT2D eigenvalue weighted by Gasteiger charge is 2.07. The zero-order valence-corrected chi connectivity index (χ0v) is 12.6. The number of rotatable bonds is 3. The summed E-state index contributed by atoms with van der Waals surface area (Å²) in [5.74, 6) is -0.363. The highest BCUT2D eigenvalue weighted by atomic mass is 16.2. The molecule has 5 nitrogen and oxygen atoms in total. The van der Waals surface area contributed by atoms with Crippen LogP contribution in [0, 0.1) is 6.92 Å². The lowest BCUT2D eigenvalue weighted by Crippen LogP contribution is -2.34. The number of nitrogens with one attached hydrogen (secondary N) is 1. The molecule has 0 fully saturated rings. The number of amides is 1. The Labute approximate surface area is 133 Å². The van der Waals surface area contributed by atoms with Gasteiger partial charge in [0.15, 0.2) is 0 Å². The molecule has 2 aromatic carbocycles. The van der Waals surface area contributed by atoms with Gasteiger partial charge in [0.25, 0.3) is 5.91 Å². The number of carbonyl (C=O) groups excluding carboxylic acids is 1. The van der Waals surface area contributed by atoms with E-state index >= 15 is 0 Å². The molecule has 5 heteroatoms. The SMILES string of the molecule is Cc1ccc(-c2ccn(NC(=O)c3ccccc3)c(=O)n2)cc1. The summed E-state index contributed by atoms with van der Waals surface area (Å²) in [6.45, 7) is 1.99. The third-order valence-corrected chi connectivity index (χ3v) is 3.41. The molecule has 0 atom stereocenters. The van der Waals surface area contributed by atoms with E-state index in [0.717, 1.165) is 15.8 Å². The van der Waals surface area contributed by atoms with Gasteiger partial charge in [0, 0.05) is 17.3 Å². The third kappa shape index (κ3) is 3.35. The summed E-state index contributed by atoms with van der Waals surface area (Å²) in [5.41, 5.74) is 5.02. The fourth-order valence-corrected chi connectivity index (χ4v) is 2.14. The van der Waals surface area contributed by atoms with Gasteiger partial charge >= 0.3 is 5.69 Å². The fraction of sp³-hybridized carbons (Fsp3) is 0.0556. The van der Waals surface area contributed by atoms with Crippen molar-refractivity contribution < 1.29 is 4.79 Å². The van der Waals surface area contributed by atoms with Crippen molar-refractivity contribution in [2.75, 3.05) is 5.43 Å². The molecule has 0 aliphatic rings. The zero-order chi connectivity index (χ0) is 16.2. The minimum atomic E-state index is -0.535. The number of hydrogen-bond acceptors (Lipinski definition) is 3. The van der Waals surface area contributed by atoms with Crippen LogP contribution in [0.5, 0.6) is 0 Å². The van der Waals surface area contributed by atoms with Crippen LogP contribution in [0.3, 0.4) is 0 Å². The Balaban J connectivity index is 1.84. The molecule has 1 heterocycles. The second-order valence-electron chi connectivity index (χ2n) is 5.14. The van der Waals surface area contributed by atoms with Crippen molar-refractivity contribution in [1.82, 2.24) is 9.66 Å². The van der Waals surface area contributed by atoms with E-state index in [9.17, 15) is 9.59 Å². The van der Waals surface area contributed by atoms with Crippen molar-refractivity contribution in [3.8, 4) is 11.3 Å². The Morgan fingerprint density at radius 3 is 2.35 bits per heavy atom. The second kappa shape index (κ2) is 6.27. The van der Waals surface area contributed by atoms with Crippen LogP contribution >= 0.6 is 0 Å². The van der Waals surface area contributed by atoms with Crippen molar-refractivity contribution in [3.63, 3.8) is 0 Å². The van der Waals surface area contributed by atoms with Crippen molar-refractivity contribution in [2.24, 2.45) is 0 Å². The molecule has 0 aliphatic heterocycles. The number of aryl methyl sites for hydroxylation is 1. The van der Waals surface area contributed by atoms with Gasteiger partial charge in [0.1, 0.15) is 0 Å². The predicted molar refractivity (Wildman–Crippen MR) is 88.8 cm³/mol. The maximum atomic E-state index is 12.1. The Kier molecular flexibility index (Phi) is 4.01. The molecule has 0 spiro atoms. The van der Waals surface area contributed by atoms with Gasteiger partial charge < -0.3 is 0 Å². The van der Waals surface area contributed by atoms with E-state index in [4.69, 9.17) is 0 Å². The van der Waals surface area contributed by atoms with Crippen LogP contribution in [-0.4, -0.2) is 15.6 Å². The van der Waals surface area contributed by atoms with E-state index in [1.54, 1.807) is 30.3 Å². The maximum Gasteiger partial charge on any atom is 0.367 e. The lowest BCUT2D eigenvalue weighted by Gasteiger charge is -2.08. The van der Waals surface area contributed by atoms with Crippen molar-refractivity contribution in [2.45, 2.75) is 6.92 Å². The first-order valence-electron chi connectivity index (χ1n) is 7.16. The van der Waals surface area contributed by atoms with Crippen LogP contribution in [0.15, 0.2) is 71.7 Å². The molecule has 0 saturated carbocycles. The van der Waals surface area contributed by atoms with Crippen LogP contribution < -0.4 is 11.1 Å². The van der Waals surface area contributed by atoms with Crippen LogP contribution in [0.1, 0.15) is 15.9 Å². The standard InChI is InChI=1S/C18H15N3O2/c1-13-7-9-14(10-8-13)16-11-12-21(18(23)19-16)20-17(22)15-5-3-2-4-6-15/h2-12H,1H3,(H,20,22). The minimum Gasteiger partial charge on any atom is -0.267 e. The molecule has 0 aliphatic carbocycles. The van der Waals surface area contributed by atoms with Crippen LogP contribution in [0.4, 0.5) is 0 Å². The summed E-state index contributed by atoms with van der Waals surface area (Å²) in [4.78, 5) is 28.2. The Bertz CT molecular complexity index is 884. The largest absolute Gasteiger partial charge is 0.367 e. The Hall–Kier alpha value is -3.21. The van der Waals surface area contributed by atoms with E-state index < -0.39 is 5.69 Å². The molecule has 0 radical (unpaired) electrons. The number of carbonyl (C=O) groups is 1. The number of nitrogens with zero attached hydrogens (tertiary/aromatic N) is 2. The van der Waals surface area contributed by atoms with E-state index in [1.807, 2.05) is 37.3 Å². The molecule has 0 unspecified atom stereocenters. The lowest BCUT2D eigenvalue weighted by molar-refractivity contribution is 0.101. The molecule has 114 valence electrons. The highest BCUT2D eigenvalue weighted by molar-refractivity contribution is 5.99. The quantitative estimate of drug-likeness (QED) is 0.809. The smallest absolute Gasteiger partial charge is 0.267 e. The number of benzene rings is 2. The molecule has 0 saturated heterocycles. The maximum absolute atomic E-state index is 12.1. The minimum absolute atomic E-state index is 0.363. The van der Waals surface area contributed by atoms with Gasteiger partial charge in [0.05, 0.1) is 5.69 Å². The summed E-state index contributed by atoms with van der Waals surface area (Å²) >= 11 is 0. The Morgan fingerprint density at radius 1 is 1.00 bits per heavy atom. The van der Waals surface area contributed by atoms with E-state index in [-0.39, 0.29) is 5.91 Å². The molecule has 23 heavy (non-hydrogen) atoms. The first-order chi connectivity index (χ1) is 11.1. The third-order valence-electron chi connectivity index (χ3n) is 3.41. The van der Waals surface area contributed by atoms with Gasteiger partial charge in [-0.15, -0.1) is 0 Å². The van der Waals surface area contributed by atoms with Gasteiger partial charge in [-0.2, -0.15) is 4.98 Å². The van der Waals surface area contributed by atoms with E-state index in [2.05, 4.69) is 10.4 Å². The monoisotopic (exact) mass is 305 g/mol. The first-order valence-corrected chi connectivity index (χ1v) is 7.16. The molecule has 1 amide bonds. The summed E-state index contributed by atoms with van der Waals surface area (Å²) in [5, 5.41) is 0. The van der Waals surface area contributed by atoms with Gasteiger partial charge in [-0.25, -0.2) is 9.47 Å². The highest BCUT2D eigenvalue weighted by Crippen LogP contribution is 2.15. The molecule has 0 bridgehead atoms. The van der Waals surface area contributed by atoms with Crippen molar-refractivity contribution >= 4 is 5.91 Å². The van der Waals surface area contributed by atoms with E-state index in [1.165, 1.54) is 6.20 Å². The summed E-state index contributed by atoms with van der Waals surface area (Å²) < 4.78 is 1.08. The fourth-order valence-electron chi connectivity index (χ4n) is 2.14. The topological polar surface area (TPSA) is 64.0 Å². The van der Waals surface area contributed by atoms with Gasteiger partial charge in [-0.1, -0.05) is 48.0 Å². The Morgan fingerprint density at radius 2 is 1.70 bits per heavy atom. The van der Waals surface area contributed by atoms with Crippen LogP contribution in [-0.2, 0) is 0 Å². The molecule has 1 aromatic heterocycles. The van der Waals surface area contributed by atoms with E-state index in [0.29, 0.717) is 11.3 Å². The summed E-state index contributed by atoms with van der Waals surface area (Å²) in [7, 11) is 0. The number of aromatic nitrogens is 2. The van der Waals surface area contributed by atoms with Gasteiger partial charge in [-0.3, -0.25) is 10.2 Å². The molecule has 1 N–H and O–H groups in total. The predicted octanol–water partition coefficient (Wildman–Crippen LogP) is 2.60. The molecule has 3 aromatic rings. The van der Waals surface area contributed by atoms with Crippen molar-refractivity contribution in [3.05, 3.63) is 88.5 Å². The molecular formula is C18H15N3O2. The second-order valence-corrected chi connectivity index (χ2v) is 5.14. The normalized spacial score (nSPS) is 10.3. The van der Waals surface area contributed by atoms with Crippen molar-refractivity contribution in [1.29, 1.82) is 0 Å². The molecule has 3 rings (SSSR count).